The van der Waals surface area contributed by atoms with Gasteiger partial charge in [0.25, 0.3) is 11.5 Å². The van der Waals surface area contributed by atoms with E-state index < -0.39 is 0 Å². The predicted octanol–water partition coefficient (Wildman–Crippen LogP) is 2.24. The van der Waals surface area contributed by atoms with Gasteiger partial charge in [-0.2, -0.15) is 0 Å². The van der Waals surface area contributed by atoms with Crippen LogP contribution in [-0.4, -0.2) is 28.8 Å². The van der Waals surface area contributed by atoms with Crippen molar-refractivity contribution in [2.45, 2.75) is 19.3 Å². The molecule has 3 rings (SSSR count). The number of nitrogens with zero attached hydrogens (tertiary/aromatic N) is 1. The summed E-state index contributed by atoms with van der Waals surface area (Å²) in [5, 5.41) is 5.89. The molecular formula is C20H20N4O3. The minimum atomic E-state index is -0.176. The molecule has 138 valence electrons. The number of anilines is 1. The molecule has 0 saturated heterocycles. The number of aromatic amines is 1. The number of nitrogens with one attached hydrogen (secondary N) is 3. The number of amides is 2. The van der Waals surface area contributed by atoms with E-state index in [2.05, 4.69) is 20.6 Å². The molecule has 0 aliphatic rings. The molecular weight excluding hydrogens is 344 g/mol. The Bertz CT molecular complexity index is 1030. The molecule has 2 aromatic carbocycles. The van der Waals surface area contributed by atoms with Gasteiger partial charge in [-0.1, -0.05) is 12.1 Å². The third-order valence-electron chi connectivity index (χ3n) is 4.14. The second kappa shape index (κ2) is 8.27. The Hall–Kier alpha value is -3.48. The summed E-state index contributed by atoms with van der Waals surface area (Å²) < 4.78 is 0. The lowest BCUT2D eigenvalue weighted by atomic mass is 10.1. The van der Waals surface area contributed by atoms with Gasteiger partial charge in [0.1, 0.15) is 5.82 Å². The van der Waals surface area contributed by atoms with E-state index in [1.54, 1.807) is 49.5 Å². The number of fused-ring (bicyclic) bond motifs is 1. The SMILES string of the molecule is CNC(=O)c1ccc(NC(=O)CCCc2nc3ccccc3c(=O)[nH]2)cc1. The largest absolute Gasteiger partial charge is 0.355 e. The third-order valence-corrected chi connectivity index (χ3v) is 4.14. The van der Waals surface area contributed by atoms with Crippen LogP contribution in [0.4, 0.5) is 5.69 Å². The second-order valence-electron chi connectivity index (χ2n) is 6.09. The minimum Gasteiger partial charge on any atom is -0.355 e. The molecule has 0 aliphatic heterocycles. The molecule has 0 spiro atoms. The molecule has 1 heterocycles. The van der Waals surface area contributed by atoms with Gasteiger partial charge in [0.15, 0.2) is 0 Å². The molecule has 0 bridgehead atoms. The molecule has 27 heavy (non-hydrogen) atoms. The van der Waals surface area contributed by atoms with Crippen LogP contribution in [0.3, 0.4) is 0 Å². The number of aromatic nitrogens is 2. The fraction of sp³-hybridized carbons (Fsp3) is 0.200. The lowest BCUT2D eigenvalue weighted by molar-refractivity contribution is -0.116. The number of hydrogen-bond donors (Lipinski definition) is 3. The van der Waals surface area contributed by atoms with Crippen LogP contribution in [-0.2, 0) is 11.2 Å². The van der Waals surface area contributed by atoms with E-state index in [9.17, 15) is 14.4 Å². The van der Waals surface area contributed by atoms with E-state index in [-0.39, 0.29) is 17.4 Å². The highest BCUT2D eigenvalue weighted by atomic mass is 16.2. The molecule has 7 nitrogen and oxygen atoms in total. The molecule has 0 atom stereocenters. The first-order valence-electron chi connectivity index (χ1n) is 8.67. The minimum absolute atomic E-state index is 0.133. The number of carbonyl (C=O) groups is 2. The predicted molar refractivity (Wildman–Crippen MR) is 104 cm³/mol. The summed E-state index contributed by atoms with van der Waals surface area (Å²) >= 11 is 0. The maximum Gasteiger partial charge on any atom is 0.258 e. The van der Waals surface area contributed by atoms with E-state index in [0.29, 0.717) is 47.2 Å². The number of benzene rings is 2. The van der Waals surface area contributed by atoms with E-state index in [1.165, 1.54) is 0 Å². The molecule has 3 aromatic rings. The van der Waals surface area contributed by atoms with Crippen LogP contribution in [0, 0.1) is 0 Å². The van der Waals surface area contributed by atoms with Crippen LogP contribution in [0.2, 0.25) is 0 Å². The monoisotopic (exact) mass is 364 g/mol. The lowest BCUT2D eigenvalue weighted by Crippen LogP contribution is -2.18. The molecule has 0 fully saturated rings. The van der Waals surface area contributed by atoms with Gasteiger partial charge < -0.3 is 15.6 Å². The van der Waals surface area contributed by atoms with Crippen LogP contribution < -0.4 is 16.2 Å². The number of para-hydroxylation sites is 1. The molecule has 0 radical (unpaired) electrons. The van der Waals surface area contributed by atoms with Crippen LogP contribution >= 0.6 is 0 Å². The first kappa shape index (κ1) is 18.3. The van der Waals surface area contributed by atoms with Gasteiger partial charge in [0.05, 0.1) is 10.9 Å². The lowest BCUT2D eigenvalue weighted by Gasteiger charge is -2.07. The summed E-state index contributed by atoms with van der Waals surface area (Å²) in [6.07, 6.45) is 1.36. The molecule has 7 heteroatoms. The van der Waals surface area contributed by atoms with Gasteiger partial charge >= 0.3 is 0 Å². The van der Waals surface area contributed by atoms with Crippen LogP contribution in [0.25, 0.3) is 10.9 Å². The number of rotatable bonds is 6. The van der Waals surface area contributed by atoms with Gasteiger partial charge in [-0.25, -0.2) is 4.98 Å². The van der Waals surface area contributed by atoms with Crippen LogP contribution in [0.5, 0.6) is 0 Å². The van der Waals surface area contributed by atoms with E-state index in [1.807, 2.05) is 6.07 Å². The summed E-state index contributed by atoms with van der Waals surface area (Å²) in [7, 11) is 1.57. The Morgan fingerprint density at radius 1 is 1.07 bits per heavy atom. The fourth-order valence-electron chi connectivity index (χ4n) is 2.74. The number of hydrogen-bond acceptors (Lipinski definition) is 4. The maximum atomic E-state index is 12.1. The van der Waals surface area contributed by atoms with Crippen molar-refractivity contribution in [3.8, 4) is 0 Å². The summed E-state index contributed by atoms with van der Waals surface area (Å²) in [6, 6.07) is 13.8. The molecule has 0 saturated carbocycles. The summed E-state index contributed by atoms with van der Waals surface area (Å²) in [5.41, 5.74) is 1.64. The Morgan fingerprint density at radius 3 is 2.56 bits per heavy atom. The first-order chi connectivity index (χ1) is 13.1. The van der Waals surface area contributed by atoms with Gasteiger partial charge in [-0.15, -0.1) is 0 Å². The molecule has 3 N–H and O–H groups in total. The van der Waals surface area contributed by atoms with Crippen molar-refractivity contribution < 1.29 is 9.59 Å². The Labute approximate surface area is 155 Å². The summed E-state index contributed by atoms with van der Waals surface area (Å²) in [4.78, 5) is 42.8. The standard InChI is InChI=1S/C20H20N4O3/c1-21-19(26)13-9-11-14(12-10-13)22-18(25)8-4-7-17-23-16-6-3-2-5-15(16)20(27)24-17/h2-3,5-6,9-12H,4,7-8H2,1H3,(H,21,26)(H,22,25)(H,23,24,27). The van der Waals surface area contributed by atoms with Crippen molar-refractivity contribution in [1.82, 2.24) is 15.3 Å². The van der Waals surface area contributed by atoms with Crippen molar-refractivity contribution in [3.63, 3.8) is 0 Å². The first-order valence-corrected chi connectivity index (χ1v) is 8.67. The number of aryl methyl sites for hydroxylation is 1. The Kier molecular flexibility index (Phi) is 5.61. The topological polar surface area (TPSA) is 104 Å². The summed E-state index contributed by atoms with van der Waals surface area (Å²) in [6.45, 7) is 0. The van der Waals surface area contributed by atoms with Crippen molar-refractivity contribution in [2.75, 3.05) is 12.4 Å². The Balaban J connectivity index is 1.54. The average molecular weight is 364 g/mol. The van der Waals surface area contributed by atoms with Gasteiger partial charge in [-0.05, 0) is 42.8 Å². The molecule has 0 unspecified atom stereocenters. The van der Waals surface area contributed by atoms with E-state index in [4.69, 9.17) is 0 Å². The number of carbonyl (C=O) groups excluding carboxylic acids is 2. The highest BCUT2D eigenvalue weighted by Crippen LogP contribution is 2.11. The zero-order chi connectivity index (χ0) is 19.2. The van der Waals surface area contributed by atoms with Crippen molar-refractivity contribution in [1.29, 1.82) is 0 Å². The molecule has 0 aliphatic carbocycles. The van der Waals surface area contributed by atoms with Gasteiger partial charge in [0, 0.05) is 31.1 Å². The highest BCUT2D eigenvalue weighted by molar-refractivity contribution is 5.95. The van der Waals surface area contributed by atoms with Gasteiger partial charge in [0.2, 0.25) is 5.91 Å². The second-order valence-corrected chi connectivity index (χ2v) is 6.09. The quantitative estimate of drug-likeness (QED) is 0.624. The summed E-state index contributed by atoms with van der Waals surface area (Å²) in [5.74, 6) is 0.261. The average Bonchev–Trinajstić information content (AvgIpc) is 2.68. The normalized spacial score (nSPS) is 10.6. The maximum absolute atomic E-state index is 12.1. The van der Waals surface area contributed by atoms with Crippen molar-refractivity contribution >= 4 is 28.4 Å². The van der Waals surface area contributed by atoms with Gasteiger partial charge in [-0.3, -0.25) is 14.4 Å². The smallest absolute Gasteiger partial charge is 0.258 e. The Morgan fingerprint density at radius 2 is 1.81 bits per heavy atom. The zero-order valence-corrected chi connectivity index (χ0v) is 14.9. The van der Waals surface area contributed by atoms with Crippen molar-refractivity contribution in [2.24, 2.45) is 0 Å². The van der Waals surface area contributed by atoms with E-state index in [0.717, 1.165) is 0 Å². The zero-order valence-electron chi connectivity index (χ0n) is 14.9. The van der Waals surface area contributed by atoms with Crippen LogP contribution in [0.15, 0.2) is 53.3 Å². The number of H-pyrrole nitrogens is 1. The molecule has 2 amide bonds. The highest BCUT2D eigenvalue weighted by Gasteiger charge is 2.07. The van der Waals surface area contributed by atoms with E-state index >= 15 is 0 Å². The van der Waals surface area contributed by atoms with Crippen LogP contribution in [0.1, 0.15) is 29.0 Å². The fourth-order valence-corrected chi connectivity index (χ4v) is 2.74. The third kappa shape index (κ3) is 4.58. The molecule has 1 aromatic heterocycles. The van der Waals surface area contributed by atoms with Crippen molar-refractivity contribution in [3.05, 3.63) is 70.3 Å².